The Morgan fingerprint density at radius 1 is 1.20 bits per heavy atom. The lowest BCUT2D eigenvalue weighted by atomic mass is 10.1. The molecule has 0 spiro atoms. The molecule has 3 N–H and O–H groups in total. The Kier molecular flexibility index (Phi) is 7.33. The van der Waals surface area contributed by atoms with Gasteiger partial charge in [0.25, 0.3) is 0 Å². The Morgan fingerprint density at radius 3 is 2.33 bits per heavy atom. The van der Waals surface area contributed by atoms with Crippen LogP contribution in [-0.4, -0.2) is 26.6 Å². The molecule has 0 saturated carbocycles. The molecule has 0 saturated heterocycles. The van der Waals surface area contributed by atoms with Crippen LogP contribution in [0.25, 0.3) is 0 Å². The molecule has 5 nitrogen and oxygen atoms in total. The van der Waals surface area contributed by atoms with Gasteiger partial charge in [0.15, 0.2) is 0 Å². The van der Waals surface area contributed by atoms with Crippen LogP contribution in [0.4, 0.5) is 0 Å². The summed E-state index contributed by atoms with van der Waals surface area (Å²) in [4.78, 5) is 11.1. The third-order valence-electron chi connectivity index (χ3n) is 2.01. The van der Waals surface area contributed by atoms with E-state index in [1.54, 1.807) is 0 Å². The SMILES string of the molecule is CCS(=O)(=O)NC(=O)CCCCCCN. The summed E-state index contributed by atoms with van der Waals surface area (Å²) in [5.41, 5.74) is 5.31. The third kappa shape index (κ3) is 8.38. The Morgan fingerprint density at radius 2 is 1.80 bits per heavy atom. The first-order chi connectivity index (χ1) is 7.02. The van der Waals surface area contributed by atoms with Gasteiger partial charge in [-0.25, -0.2) is 8.42 Å². The minimum Gasteiger partial charge on any atom is -0.330 e. The number of sulfonamides is 1. The van der Waals surface area contributed by atoms with Crippen LogP contribution < -0.4 is 10.5 Å². The van der Waals surface area contributed by atoms with Gasteiger partial charge in [-0.1, -0.05) is 12.8 Å². The van der Waals surface area contributed by atoms with Gasteiger partial charge in [-0.05, 0) is 26.3 Å². The lowest BCUT2D eigenvalue weighted by molar-refractivity contribution is -0.119. The number of nitrogens with one attached hydrogen (secondary N) is 1. The van der Waals surface area contributed by atoms with Crippen molar-refractivity contribution in [3.05, 3.63) is 0 Å². The summed E-state index contributed by atoms with van der Waals surface area (Å²) in [5.74, 6) is -0.476. The number of carbonyl (C=O) groups excluding carboxylic acids is 1. The van der Waals surface area contributed by atoms with E-state index in [4.69, 9.17) is 5.73 Å². The van der Waals surface area contributed by atoms with Crippen LogP contribution in [-0.2, 0) is 14.8 Å². The Bertz CT molecular complexity index is 275. The molecule has 1 amide bonds. The van der Waals surface area contributed by atoms with Crippen molar-refractivity contribution >= 4 is 15.9 Å². The van der Waals surface area contributed by atoms with Crippen molar-refractivity contribution in [3.8, 4) is 0 Å². The first kappa shape index (κ1) is 14.4. The monoisotopic (exact) mass is 236 g/mol. The third-order valence-corrected chi connectivity index (χ3v) is 3.31. The van der Waals surface area contributed by atoms with Crippen molar-refractivity contribution in [1.82, 2.24) is 4.72 Å². The summed E-state index contributed by atoms with van der Waals surface area (Å²) >= 11 is 0. The number of unbranched alkanes of at least 4 members (excludes halogenated alkanes) is 3. The molecule has 0 radical (unpaired) electrons. The molecule has 15 heavy (non-hydrogen) atoms. The summed E-state index contributed by atoms with van der Waals surface area (Å²) in [5, 5.41) is 0. The van der Waals surface area contributed by atoms with E-state index >= 15 is 0 Å². The molecule has 0 aromatic carbocycles. The first-order valence-corrected chi connectivity index (χ1v) is 6.90. The van der Waals surface area contributed by atoms with Gasteiger partial charge >= 0.3 is 0 Å². The molecule has 0 bridgehead atoms. The van der Waals surface area contributed by atoms with Gasteiger partial charge < -0.3 is 5.73 Å². The lowest BCUT2D eigenvalue weighted by Crippen LogP contribution is -2.31. The van der Waals surface area contributed by atoms with Crippen molar-refractivity contribution in [2.75, 3.05) is 12.3 Å². The average molecular weight is 236 g/mol. The van der Waals surface area contributed by atoms with Crippen LogP contribution in [0.1, 0.15) is 39.0 Å². The molecule has 0 aliphatic carbocycles. The average Bonchev–Trinajstić information content (AvgIpc) is 2.17. The molecule has 0 unspecified atom stereocenters. The standard InChI is InChI=1S/C9H20N2O3S/c1-2-15(13,14)11-9(12)7-5-3-4-6-8-10/h2-8,10H2,1H3,(H,11,12). The van der Waals surface area contributed by atoms with Gasteiger partial charge in [0, 0.05) is 6.42 Å². The Labute approximate surface area is 91.5 Å². The van der Waals surface area contributed by atoms with Gasteiger partial charge in [0.1, 0.15) is 0 Å². The van der Waals surface area contributed by atoms with Gasteiger partial charge in [0.2, 0.25) is 15.9 Å². The summed E-state index contributed by atoms with van der Waals surface area (Å²) in [7, 11) is -3.39. The first-order valence-electron chi connectivity index (χ1n) is 5.25. The topological polar surface area (TPSA) is 89.3 Å². The van der Waals surface area contributed by atoms with Gasteiger partial charge in [-0.3, -0.25) is 9.52 Å². The zero-order valence-electron chi connectivity index (χ0n) is 9.16. The zero-order valence-corrected chi connectivity index (χ0v) is 9.98. The zero-order chi connectivity index (χ0) is 11.7. The second-order valence-electron chi connectivity index (χ2n) is 3.38. The van der Waals surface area contributed by atoms with Crippen LogP contribution in [0.5, 0.6) is 0 Å². The second kappa shape index (κ2) is 7.64. The van der Waals surface area contributed by atoms with E-state index in [2.05, 4.69) is 0 Å². The molecule has 0 heterocycles. The fourth-order valence-electron chi connectivity index (χ4n) is 1.08. The lowest BCUT2D eigenvalue weighted by Gasteiger charge is -2.04. The van der Waals surface area contributed by atoms with E-state index in [0.717, 1.165) is 19.3 Å². The van der Waals surface area contributed by atoms with E-state index in [-0.39, 0.29) is 12.2 Å². The molecule has 0 fully saturated rings. The Hall–Kier alpha value is -0.620. The largest absolute Gasteiger partial charge is 0.330 e. The molecular weight excluding hydrogens is 216 g/mol. The summed E-state index contributed by atoms with van der Waals surface area (Å²) in [6.45, 7) is 2.16. The molecule has 0 atom stereocenters. The number of amides is 1. The maximum atomic E-state index is 11.1. The van der Waals surface area contributed by atoms with Crippen molar-refractivity contribution in [1.29, 1.82) is 0 Å². The van der Waals surface area contributed by atoms with E-state index in [0.29, 0.717) is 13.0 Å². The van der Waals surface area contributed by atoms with Crippen LogP contribution in [0.15, 0.2) is 0 Å². The normalized spacial score (nSPS) is 11.3. The van der Waals surface area contributed by atoms with Crippen molar-refractivity contribution in [2.45, 2.75) is 39.0 Å². The van der Waals surface area contributed by atoms with E-state index in [1.807, 2.05) is 4.72 Å². The summed E-state index contributed by atoms with van der Waals surface area (Å²) in [6, 6.07) is 0. The van der Waals surface area contributed by atoms with Crippen LogP contribution in [0.2, 0.25) is 0 Å². The highest BCUT2D eigenvalue weighted by molar-refractivity contribution is 7.90. The maximum absolute atomic E-state index is 11.1. The molecular formula is C9H20N2O3S. The smallest absolute Gasteiger partial charge is 0.234 e. The minimum atomic E-state index is -3.39. The maximum Gasteiger partial charge on any atom is 0.234 e. The number of rotatable bonds is 8. The number of nitrogens with two attached hydrogens (primary N) is 1. The molecule has 6 heteroatoms. The van der Waals surface area contributed by atoms with Gasteiger partial charge in [-0.2, -0.15) is 0 Å². The van der Waals surface area contributed by atoms with E-state index < -0.39 is 15.9 Å². The van der Waals surface area contributed by atoms with Crippen molar-refractivity contribution in [2.24, 2.45) is 5.73 Å². The van der Waals surface area contributed by atoms with Gasteiger partial charge in [-0.15, -0.1) is 0 Å². The molecule has 0 aromatic rings. The van der Waals surface area contributed by atoms with E-state index in [1.165, 1.54) is 6.92 Å². The predicted molar refractivity (Wildman–Crippen MR) is 59.7 cm³/mol. The molecule has 0 aliphatic rings. The fraction of sp³-hybridized carbons (Fsp3) is 0.889. The molecule has 0 rings (SSSR count). The van der Waals surface area contributed by atoms with Crippen molar-refractivity contribution in [3.63, 3.8) is 0 Å². The number of carbonyl (C=O) groups is 1. The van der Waals surface area contributed by atoms with Crippen LogP contribution >= 0.6 is 0 Å². The number of hydrogen-bond donors (Lipinski definition) is 2. The van der Waals surface area contributed by atoms with Gasteiger partial charge in [0.05, 0.1) is 5.75 Å². The summed E-state index contributed by atoms with van der Waals surface area (Å²) < 4.78 is 24.0. The number of hydrogen-bond acceptors (Lipinski definition) is 4. The fourth-order valence-corrected chi connectivity index (χ4v) is 1.67. The Balaban J connectivity index is 3.59. The highest BCUT2D eigenvalue weighted by Crippen LogP contribution is 2.02. The summed E-state index contributed by atoms with van der Waals surface area (Å²) in [6.07, 6.45) is 3.84. The minimum absolute atomic E-state index is 0.0636. The van der Waals surface area contributed by atoms with Crippen LogP contribution in [0.3, 0.4) is 0 Å². The molecule has 0 aromatic heterocycles. The van der Waals surface area contributed by atoms with Crippen LogP contribution in [0, 0.1) is 0 Å². The van der Waals surface area contributed by atoms with Crippen molar-refractivity contribution < 1.29 is 13.2 Å². The predicted octanol–water partition coefficient (Wildman–Crippen LogP) is 0.362. The molecule has 0 aliphatic heterocycles. The highest BCUT2D eigenvalue weighted by Gasteiger charge is 2.10. The molecule has 90 valence electrons. The quantitative estimate of drug-likeness (QED) is 0.595. The second-order valence-corrected chi connectivity index (χ2v) is 5.39. The highest BCUT2D eigenvalue weighted by atomic mass is 32.2. The van der Waals surface area contributed by atoms with E-state index in [9.17, 15) is 13.2 Å².